The Balaban J connectivity index is 1.62. The molecule has 10 heteroatoms. The van der Waals surface area contributed by atoms with E-state index in [1.165, 1.54) is 43.7 Å². The lowest BCUT2D eigenvalue weighted by atomic mass is 10.2. The molecule has 0 radical (unpaired) electrons. The van der Waals surface area contributed by atoms with Gasteiger partial charge in [-0.3, -0.25) is 5.43 Å². The molecule has 0 unspecified atom stereocenters. The summed E-state index contributed by atoms with van der Waals surface area (Å²) in [5, 5.41) is 7.73. The first kappa shape index (κ1) is 23.5. The molecule has 0 spiro atoms. The number of carbonyl (C=O) groups excluding carboxylic acids is 1. The fourth-order valence-electron chi connectivity index (χ4n) is 2.49. The number of benzene rings is 3. The Bertz CT molecular complexity index is 1170. The zero-order valence-electron chi connectivity index (χ0n) is 16.6. The summed E-state index contributed by atoms with van der Waals surface area (Å²) >= 11 is 17.0. The molecule has 0 fully saturated rings. The van der Waals surface area contributed by atoms with E-state index in [1.807, 2.05) is 0 Å². The van der Waals surface area contributed by atoms with Crippen molar-refractivity contribution in [2.24, 2.45) is 5.10 Å². The topological polar surface area (TPSA) is 71.9 Å². The lowest BCUT2D eigenvalue weighted by Gasteiger charge is -2.10. The zero-order valence-corrected chi connectivity index (χ0v) is 18.9. The first-order valence-corrected chi connectivity index (χ1v) is 10.2. The number of nitrogens with zero attached hydrogens (tertiary/aromatic N) is 1. The van der Waals surface area contributed by atoms with Gasteiger partial charge in [-0.15, -0.1) is 0 Å². The molecule has 0 aliphatic heterocycles. The minimum absolute atomic E-state index is 0.224. The van der Waals surface area contributed by atoms with E-state index < -0.39 is 5.97 Å². The van der Waals surface area contributed by atoms with E-state index in [0.29, 0.717) is 22.0 Å². The first-order valence-electron chi connectivity index (χ1n) is 9.06. The Kier molecular flexibility index (Phi) is 7.99. The van der Waals surface area contributed by atoms with Crippen LogP contribution in [0.1, 0.15) is 15.9 Å². The number of rotatable bonds is 6. The smallest absolute Gasteiger partial charge is 0.343 e. The Labute approximate surface area is 198 Å². The van der Waals surface area contributed by atoms with Gasteiger partial charge in [0, 0.05) is 5.69 Å². The Morgan fingerprint density at radius 2 is 1.78 bits per heavy atom. The fraction of sp³-hybridized carbons (Fsp3) is 0.0455. The maximum absolute atomic E-state index is 12.9. The third-order valence-electron chi connectivity index (χ3n) is 4.03. The molecule has 0 amide bonds. The van der Waals surface area contributed by atoms with Crippen molar-refractivity contribution in [3.05, 3.63) is 87.7 Å². The molecular formula is C22H16Cl2FN3O3S. The minimum Gasteiger partial charge on any atom is -0.493 e. The summed E-state index contributed by atoms with van der Waals surface area (Å²) < 4.78 is 23.7. The van der Waals surface area contributed by atoms with Crippen molar-refractivity contribution in [1.29, 1.82) is 0 Å². The van der Waals surface area contributed by atoms with E-state index in [0.717, 1.165) is 0 Å². The third kappa shape index (κ3) is 6.40. The fourth-order valence-corrected chi connectivity index (χ4v) is 2.96. The molecular weight excluding hydrogens is 476 g/mol. The van der Waals surface area contributed by atoms with Crippen molar-refractivity contribution >= 4 is 58.4 Å². The largest absolute Gasteiger partial charge is 0.493 e. The van der Waals surface area contributed by atoms with Gasteiger partial charge in [0.05, 0.1) is 28.9 Å². The van der Waals surface area contributed by atoms with Crippen LogP contribution in [0.5, 0.6) is 11.5 Å². The third-order valence-corrected chi connectivity index (χ3v) is 4.96. The lowest BCUT2D eigenvalue weighted by Crippen LogP contribution is -2.23. The molecule has 6 nitrogen and oxygen atoms in total. The molecule has 0 heterocycles. The molecule has 3 aromatic rings. The van der Waals surface area contributed by atoms with Gasteiger partial charge in [0.15, 0.2) is 16.6 Å². The minimum atomic E-state index is -0.609. The van der Waals surface area contributed by atoms with Gasteiger partial charge >= 0.3 is 5.97 Å². The van der Waals surface area contributed by atoms with Gasteiger partial charge in [-0.1, -0.05) is 23.2 Å². The molecule has 0 aliphatic rings. The van der Waals surface area contributed by atoms with E-state index in [9.17, 15) is 9.18 Å². The number of thiocarbonyl (C=S) groups is 1. The van der Waals surface area contributed by atoms with Gasteiger partial charge in [0.25, 0.3) is 0 Å². The highest BCUT2D eigenvalue weighted by atomic mass is 35.5. The summed E-state index contributed by atoms with van der Waals surface area (Å²) in [6.07, 6.45) is 1.51. The predicted octanol–water partition coefficient (Wildman–Crippen LogP) is 5.68. The van der Waals surface area contributed by atoms with E-state index in [1.54, 1.807) is 30.3 Å². The zero-order chi connectivity index (χ0) is 23.1. The van der Waals surface area contributed by atoms with E-state index in [4.69, 9.17) is 44.9 Å². The molecule has 0 atom stereocenters. The molecule has 32 heavy (non-hydrogen) atoms. The molecule has 3 rings (SSSR count). The number of hydrazone groups is 1. The van der Waals surface area contributed by atoms with Crippen LogP contribution in [-0.2, 0) is 0 Å². The summed E-state index contributed by atoms with van der Waals surface area (Å²) in [4.78, 5) is 12.4. The highest BCUT2D eigenvalue weighted by molar-refractivity contribution is 7.80. The van der Waals surface area contributed by atoms with E-state index in [2.05, 4.69) is 15.8 Å². The summed E-state index contributed by atoms with van der Waals surface area (Å²) in [5.41, 5.74) is 4.18. The highest BCUT2D eigenvalue weighted by Crippen LogP contribution is 2.29. The molecule has 0 aliphatic carbocycles. The average Bonchev–Trinajstić information content (AvgIpc) is 2.78. The summed E-state index contributed by atoms with van der Waals surface area (Å²) in [6, 6.07) is 15.1. The number of anilines is 1. The van der Waals surface area contributed by atoms with Crippen LogP contribution < -0.4 is 20.2 Å². The maximum atomic E-state index is 12.9. The normalized spacial score (nSPS) is 10.6. The van der Waals surface area contributed by atoms with Crippen LogP contribution in [0.15, 0.2) is 65.8 Å². The number of hydrogen-bond acceptors (Lipinski definition) is 5. The SMILES string of the molecule is COc1cc(/C=N\NC(=S)Nc2ccc(F)cc2)ccc1OC(=O)c1ccc(Cl)c(Cl)c1. The van der Waals surface area contributed by atoms with Crippen molar-refractivity contribution in [1.82, 2.24) is 5.43 Å². The first-order chi connectivity index (χ1) is 15.4. The quantitative estimate of drug-likeness (QED) is 0.152. The number of hydrogen-bond donors (Lipinski definition) is 2. The van der Waals surface area contributed by atoms with Crippen molar-refractivity contribution in [3.63, 3.8) is 0 Å². The number of halogens is 3. The maximum Gasteiger partial charge on any atom is 0.343 e. The summed E-state index contributed by atoms with van der Waals surface area (Å²) in [5.74, 6) is -0.397. The second-order valence-electron chi connectivity index (χ2n) is 6.26. The highest BCUT2D eigenvalue weighted by Gasteiger charge is 2.14. The van der Waals surface area contributed by atoms with E-state index >= 15 is 0 Å². The van der Waals surface area contributed by atoms with Crippen molar-refractivity contribution in [3.8, 4) is 11.5 Å². The van der Waals surface area contributed by atoms with Gasteiger partial charge in [-0.05, 0) is 78.4 Å². The van der Waals surface area contributed by atoms with Gasteiger partial charge in [0.2, 0.25) is 0 Å². The standard InChI is InChI=1S/C22H16Cl2FN3O3S/c1-30-20-10-13(12-26-28-22(32)27-16-6-4-15(25)5-7-16)2-9-19(20)31-21(29)14-3-8-17(23)18(24)11-14/h2-12H,1H3,(H2,27,28,32)/b26-12-. The van der Waals surface area contributed by atoms with E-state index in [-0.39, 0.29) is 27.3 Å². The van der Waals surface area contributed by atoms with Crippen LogP contribution in [0, 0.1) is 5.82 Å². The number of nitrogens with one attached hydrogen (secondary N) is 2. The van der Waals surface area contributed by atoms with Gasteiger partial charge in [-0.2, -0.15) is 5.10 Å². The van der Waals surface area contributed by atoms with Crippen LogP contribution in [-0.4, -0.2) is 24.4 Å². The Hall–Kier alpha value is -3.20. The molecule has 3 aromatic carbocycles. The second-order valence-corrected chi connectivity index (χ2v) is 7.48. The van der Waals surface area contributed by atoms with Crippen LogP contribution >= 0.6 is 35.4 Å². The lowest BCUT2D eigenvalue weighted by molar-refractivity contribution is 0.0729. The van der Waals surface area contributed by atoms with Gasteiger partial charge < -0.3 is 14.8 Å². The van der Waals surface area contributed by atoms with Crippen LogP contribution in [0.25, 0.3) is 0 Å². The Morgan fingerprint density at radius 3 is 2.47 bits per heavy atom. The van der Waals surface area contributed by atoms with Crippen LogP contribution in [0.3, 0.4) is 0 Å². The number of carbonyl (C=O) groups is 1. The molecule has 164 valence electrons. The molecule has 0 saturated heterocycles. The molecule has 0 bridgehead atoms. The average molecular weight is 492 g/mol. The molecule has 2 N–H and O–H groups in total. The summed E-state index contributed by atoms with van der Waals surface area (Å²) in [6.45, 7) is 0. The molecule has 0 aromatic heterocycles. The van der Waals surface area contributed by atoms with Gasteiger partial charge in [0.1, 0.15) is 5.82 Å². The number of methoxy groups -OCH3 is 1. The predicted molar refractivity (Wildman–Crippen MR) is 128 cm³/mol. The number of esters is 1. The van der Waals surface area contributed by atoms with Crippen molar-refractivity contribution in [2.45, 2.75) is 0 Å². The molecule has 0 saturated carbocycles. The second kappa shape index (κ2) is 10.9. The van der Waals surface area contributed by atoms with Crippen LogP contribution in [0.2, 0.25) is 10.0 Å². The monoisotopic (exact) mass is 491 g/mol. The van der Waals surface area contributed by atoms with Crippen molar-refractivity contribution in [2.75, 3.05) is 12.4 Å². The van der Waals surface area contributed by atoms with Crippen molar-refractivity contribution < 1.29 is 18.7 Å². The Morgan fingerprint density at radius 1 is 1.03 bits per heavy atom. The van der Waals surface area contributed by atoms with Gasteiger partial charge in [-0.25, -0.2) is 9.18 Å². The van der Waals surface area contributed by atoms with Crippen LogP contribution in [0.4, 0.5) is 10.1 Å². The number of ether oxygens (including phenoxy) is 2. The summed E-state index contributed by atoms with van der Waals surface area (Å²) in [7, 11) is 1.45.